The Labute approximate surface area is 156 Å². The quantitative estimate of drug-likeness (QED) is 0.604. The van der Waals surface area contributed by atoms with Crippen LogP contribution in [0.5, 0.6) is 0 Å². The van der Waals surface area contributed by atoms with E-state index in [1.807, 2.05) is 43.3 Å². The number of fused-ring (bicyclic) bond motifs is 1. The number of benzene rings is 1. The molecule has 4 aromatic rings. The summed E-state index contributed by atoms with van der Waals surface area (Å²) in [5, 5.41) is 13.0. The monoisotopic (exact) mass is 360 g/mol. The Morgan fingerprint density at radius 2 is 1.74 bits per heavy atom. The number of nitrogens with zero attached hydrogens (tertiary/aromatic N) is 5. The molecule has 0 aliphatic heterocycles. The second kappa shape index (κ2) is 6.75. The van der Waals surface area contributed by atoms with Crippen molar-refractivity contribution in [3.8, 4) is 5.82 Å². The van der Waals surface area contributed by atoms with Crippen LogP contribution in [0.3, 0.4) is 0 Å². The van der Waals surface area contributed by atoms with Gasteiger partial charge in [-0.3, -0.25) is 4.79 Å². The average Bonchev–Trinajstić information content (AvgIpc) is 3.15. The van der Waals surface area contributed by atoms with Gasteiger partial charge in [0.05, 0.1) is 17.0 Å². The van der Waals surface area contributed by atoms with E-state index in [1.165, 1.54) is 0 Å². The summed E-state index contributed by atoms with van der Waals surface area (Å²) in [6, 6.07) is 13.1. The lowest BCUT2D eigenvalue weighted by molar-refractivity contribution is 0.701. The molecule has 0 aliphatic carbocycles. The predicted molar refractivity (Wildman–Crippen MR) is 103 cm³/mol. The molecule has 1 N–H and O–H groups in total. The molecule has 0 saturated carbocycles. The van der Waals surface area contributed by atoms with Crippen molar-refractivity contribution in [3.05, 3.63) is 76.4 Å². The van der Waals surface area contributed by atoms with E-state index in [0.717, 1.165) is 22.7 Å². The Hall–Kier alpha value is -3.35. The molecular weight excluding hydrogens is 340 g/mol. The third-order valence-electron chi connectivity index (χ3n) is 4.55. The SMILES string of the molecule is CC(C)c1nc([C@@H](C)c2n[nH]c(=O)c3ccccc23)n(-c2ccccn2)n1. The zero-order valence-corrected chi connectivity index (χ0v) is 15.4. The van der Waals surface area contributed by atoms with Gasteiger partial charge in [-0.05, 0) is 25.1 Å². The maximum absolute atomic E-state index is 12.1. The molecule has 4 rings (SSSR count). The van der Waals surface area contributed by atoms with Gasteiger partial charge in [-0.25, -0.2) is 15.1 Å². The average molecular weight is 360 g/mol. The van der Waals surface area contributed by atoms with Crippen LogP contribution in [0.15, 0.2) is 53.5 Å². The van der Waals surface area contributed by atoms with Crippen LogP contribution < -0.4 is 5.56 Å². The lowest BCUT2D eigenvalue weighted by Gasteiger charge is -2.13. The molecule has 136 valence electrons. The molecule has 7 heteroatoms. The maximum Gasteiger partial charge on any atom is 0.272 e. The molecule has 3 heterocycles. The minimum Gasteiger partial charge on any atom is -0.267 e. The summed E-state index contributed by atoms with van der Waals surface area (Å²) >= 11 is 0. The fourth-order valence-corrected chi connectivity index (χ4v) is 3.10. The number of H-pyrrole nitrogens is 1. The Kier molecular flexibility index (Phi) is 4.27. The summed E-state index contributed by atoms with van der Waals surface area (Å²) in [7, 11) is 0. The van der Waals surface area contributed by atoms with Gasteiger partial charge >= 0.3 is 0 Å². The van der Waals surface area contributed by atoms with Gasteiger partial charge in [0.15, 0.2) is 11.6 Å². The summed E-state index contributed by atoms with van der Waals surface area (Å²) in [6.45, 7) is 6.13. The number of rotatable bonds is 4. The number of pyridine rings is 1. The first-order chi connectivity index (χ1) is 13.1. The zero-order valence-electron chi connectivity index (χ0n) is 15.4. The van der Waals surface area contributed by atoms with E-state index in [1.54, 1.807) is 16.9 Å². The minimum atomic E-state index is -0.199. The molecule has 0 radical (unpaired) electrons. The van der Waals surface area contributed by atoms with Crippen molar-refractivity contribution in [3.63, 3.8) is 0 Å². The Morgan fingerprint density at radius 1 is 1.00 bits per heavy atom. The smallest absolute Gasteiger partial charge is 0.267 e. The highest BCUT2D eigenvalue weighted by Crippen LogP contribution is 2.28. The van der Waals surface area contributed by atoms with Crippen LogP contribution in [0.2, 0.25) is 0 Å². The number of aromatic nitrogens is 6. The van der Waals surface area contributed by atoms with Gasteiger partial charge in [-0.1, -0.05) is 38.1 Å². The van der Waals surface area contributed by atoms with Gasteiger partial charge in [0.1, 0.15) is 5.82 Å². The van der Waals surface area contributed by atoms with E-state index < -0.39 is 0 Å². The Bertz CT molecular complexity index is 1150. The van der Waals surface area contributed by atoms with E-state index in [2.05, 4.69) is 34.1 Å². The van der Waals surface area contributed by atoms with Crippen molar-refractivity contribution in [1.29, 1.82) is 0 Å². The number of nitrogens with one attached hydrogen (secondary N) is 1. The van der Waals surface area contributed by atoms with Crippen molar-refractivity contribution in [1.82, 2.24) is 29.9 Å². The molecule has 0 saturated heterocycles. The van der Waals surface area contributed by atoms with Crippen LogP contribution >= 0.6 is 0 Å². The number of hydrogen-bond donors (Lipinski definition) is 1. The summed E-state index contributed by atoms with van der Waals surface area (Å²) in [6.07, 6.45) is 1.73. The van der Waals surface area contributed by atoms with E-state index in [9.17, 15) is 4.79 Å². The Morgan fingerprint density at radius 3 is 2.44 bits per heavy atom. The second-order valence-corrected chi connectivity index (χ2v) is 6.79. The van der Waals surface area contributed by atoms with E-state index in [-0.39, 0.29) is 17.4 Å². The van der Waals surface area contributed by atoms with Crippen LogP contribution in [0.4, 0.5) is 0 Å². The van der Waals surface area contributed by atoms with Gasteiger partial charge < -0.3 is 0 Å². The van der Waals surface area contributed by atoms with Crippen LogP contribution in [-0.4, -0.2) is 29.9 Å². The lowest BCUT2D eigenvalue weighted by atomic mass is 10.0. The molecule has 1 aromatic carbocycles. The van der Waals surface area contributed by atoms with Crippen LogP contribution in [0.1, 0.15) is 49.9 Å². The third kappa shape index (κ3) is 3.01. The highest BCUT2D eigenvalue weighted by Gasteiger charge is 2.24. The molecule has 0 spiro atoms. The first-order valence-corrected chi connectivity index (χ1v) is 8.92. The first kappa shape index (κ1) is 17.1. The first-order valence-electron chi connectivity index (χ1n) is 8.92. The van der Waals surface area contributed by atoms with Crippen LogP contribution in [0, 0.1) is 0 Å². The molecule has 0 unspecified atom stereocenters. The molecule has 27 heavy (non-hydrogen) atoms. The Balaban J connectivity index is 1.91. The van der Waals surface area contributed by atoms with Crippen molar-refractivity contribution >= 4 is 10.8 Å². The minimum absolute atomic E-state index is 0.182. The molecular formula is C20H20N6O. The summed E-state index contributed by atoms with van der Waals surface area (Å²) in [5.41, 5.74) is 0.556. The van der Waals surface area contributed by atoms with Gasteiger partial charge in [0, 0.05) is 17.5 Å². The topological polar surface area (TPSA) is 89.4 Å². The standard InChI is InChI=1S/C20H20N6O/c1-12(2)18-22-19(26(25-18)16-10-6-7-11-21-16)13(3)17-14-8-4-5-9-15(14)20(27)24-23-17/h4-13H,1-3H3,(H,24,27)/t13-/m0/s1. The van der Waals surface area contributed by atoms with Crippen molar-refractivity contribution in [2.24, 2.45) is 0 Å². The van der Waals surface area contributed by atoms with Gasteiger partial charge in [-0.2, -0.15) is 9.78 Å². The molecule has 0 aliphatic rings. The van der Waals surface area contributed by atoms with Crippen molar-refractivity contribution in [2.45, 2.75) is 32.6 Å². The van der Waals surface area contributed by atoms with Gasteiger partial charge in [0.2, 0.25) is 0 Å². The normalized spacial score (nSPS) is 12.6. The zero-order chi connectivity index (χ0) is 19.0. The highest BCUT2D eigenvalue weighted by molar-refractivity contribution is 5.84. The fourth-order valence-electron chi connectivity index (χ4n) is 3.10. The maximum atomic E-state index is 12.1. The number of aromatic amines is 1. The van der Waals surface area contributed by atoms with E-state index in [0.29, 0.717) is 11.2 Å². The fraction of sp³-hybridized carbons (Fsp3) is 0.250. The summed E-state index contributed by atoms with van der Waals surface area (Å²) < 4.78 is 1.77. The molecule has 1 atom stereocenters. The molecule has 0 fully saturated rings. The van der Waals surface area contributed by atoms with Crippen molar-refractivity contribution in [2.75, 3.05) is 0 Å². The van der Waals surface area contributed by atoms with Gasteiger partial charge in [0.25, 0.3) is 5.56 Å². The van der Waals surface area contributed by atoms with Crippen LogP contribution in [-0.2, 0) is 0 Å². The molecule has 7 nitrogen and oxygen atoms in total. The summed E-state index contributed by atoms with van der Waals surface area (Å²) in [5.74, 6) is 2.18. The van der Waals surface area contributed by atoms with E-state index in [4.69, 9.17) is 4.98 Å². The molecule has 3 aromatic heterocycles. The van der Waals surface area contributed by atoms with Crippen LogP contribution in [0.25, 0.3) is 16.6 Å². The lowest BCUT2D eigenvalue weighted by Crippen LogP contribution is -2.15. The predicted octanol–water partition coefficient (Wildman–Crippen LogP) is 3.17. The third-order valence-corrected chi connectivity index (χ3v) is 4.55. The molecule has 0 amide bonds. The summed E-state index contributed by atoms with van der Waals surface area (Å²) in [4.78, 5) is 21.3. The van der Waals surface area contributed by atoms with Crippen molar-refractivity contribution < 1.29 is 0 Å². The largest absolute Gasteiger partial charge is 0.272 e. The highest BCUT2D eigenvalue weighted by atomic mass is 16.1. The van der Waals surface area contributed by atoms with E-state index >= 15 is 0 Å². The second-order valence-electron chi connectivity index (χ2n) is 6.79. The number of hydrogen-bond acceptors (Lipinski definition) is 5. The van der Waals surface area contributed by atoms with Gasteiger partial charge in [-0.15, -0.1) is 5.10 Å². The molecule has 0 bridgehead atoms.